The summed E-state index contributed by atoms with van der Waals surface area (Å²) in [5.74, 6) is 0. The number of benzene rings is 1. The van der Waals surface area contributed by atoms with Crippen molar-refractivity contribution in [2.45, 2.75) is 40.3 Å². The van der Waals surface area contributed by atoms with Crippen LogP contribution in [0.1, 0.15) is 41.0 Å². The number of anilines is 1. The molecule has 1 unspecified atom stereocenters. The number of hydrogen-bond acceptors (Lipinski definition) is 3. The van der Waals surface area contributed by atoms with Crippen molar-refractivity contribution in [2.24, 2.45) is 0 Å². The molecule has 1 atom stereocenters. The SMILES string of the molecule is Cc1cc(C)c(C(C)Nc2ccccc2CO)c(C)n1. The van der Waals surface area contributed by atoms with Crippen molar-refractivity contribution in [1.82, 2.24) is 4.98 Å². The Hall–Kier alpha value is -1.87. The van der Waals surface area contributed by atoms with Crippen LogP contribution in [0, 0.1) is 20.8 Å². The Morgan fingerprint density at radius 3 is 2.55 bits per heavy atom. The van der Waals surface area contributed by atoms with Gasteiger partial charge in [0.25, 0.3) is 0 Å². The Bertz CT molecular complexity index is 585. The van der Waals surface area contributed by atoms with Crippen molar-refractivity contribution in [3.63, 3.8) is 0 Å². The number of aryl methyl sites for hydroxylation is 3. The lowest BCUT2D eigenvalue weighted by Gasteiger charge is -2.21. The van der Waals surface area contributed by atoms with E-state index < -0.39 is 0 Å². The summed E-state index contributed by atoms with van der Waals surface area (Å²) in [6, 6.07) is 10.1. The van der Waals surface area contributed by atoms with E-state index in [1.165, 1.54) is 11.1 Å². The standard InChI is InChI=1S/C17H22N2O/c1-11-9-12(2)18-13(3)17(11)14(4)19-16-8-6-5-7-15(16)10-20/h5-9,14,19-20H,10H2,1-4H3. The molecule has 3 heteroatoms. The van der Waals surface area contributed by atoms with Gasteiger partial charge in [-0.15, -0.1) is 0 Å². The van der Waals surface area contributed by atoms with Crippen molar-refractivity contribution < 1.29 is 5.11 Å². The second-order valence-corrected chi connectivity index (χ2v) is 5.26. The van der Waals surface area contributed by atoms with E-state index in [0.29, 0.717) is 0 Å². The number of hydrogen-bond donors (Lipinski definition) is 2. The first kappa shape index (κ1) is 14.5. The van der Waals surface area contributed by atoms with Crippen LogP contribution in [0.2, 0.25) is 0 Å². The topological polar surface area (TPSA) is 45.1 Å². The molecule has 0 aliphatic carbocycles. The van der Waals surface area contributed by atoms with Crippen LogP contribution in [0.4, 0.5) is 5.69 Å². The van der Waals surface area contributed by atoms with Crippen LogP contribution in [0.15, 0.2) is 30.3 Å². The number of para-hydroxylation sites is 1. The summed E-state index contributed by atoms with van der Waals surface area (Å²) < 4.78 is 0. The van der Waals surface area contributed by atoms with Crippen LogP contribution in [0.3, 0.4) is 0 Å². The fourth-order valence-corrected chi connectivity index (χ4v) is 2.79. The second kappa shape index (κ2) is 6.06. The Labute approximate surface area is 120 Å². The van der Waals surface area contributed by atoms with Gasteiger partial charge in [-0.05, 0) is 51.0 Å². The largest absolute Gasteiger partial charge is 0.392 e. The normalized spacial score (nSPS) is 12.2. The number of nitrogens with zero attached hydrogens (tertiary/aromatic N) is 1. The van der Waals surface area contributed by atoms with Gasteiger partial charge in [-0.25, -0.2) is 0 Å². The maximum absolute atomic E-state index is 9.40. The average Bonchev–Trinajstić information content (AvgIpc) is 2.38. The van der Waals surface area contributed by atoms with Crippen LogP contribution in [0.25, 0.3) is 0 Å². The monoisotopic (exact) mass is 270 g/mol. The summed E-state index contributed by atoms with van der Waals surface area (Å²) in [7, 11) is 0. The molecule has 0 aliphatic heterocycles. The number of nitrogens with one attached hydrogen (secondary N) is 1. The summed E-state index contributed by atoms with van der Waals surface area (Å²) in [5, 5.41) is 12.9. The summed E-state index contributed by atoms with van der Waals surface area (Å²) in [5.41, 5.74) is 6.46. The molecule has 1 heterocycles. The molecule has 2 aromatic rings. The zero-order chi connectivity index (χ0) is 14.7. The van der Waals surface area contributed by atoms with Crippen molar-refractivity contribution in [1.29, 1.82) is 0 Å². The van der Waals surface area contributed by atoms with Gasteiger partial charge in [-0.1, -0.05) is 18.2 Å². The molecule has 1 aromatic heterocycles. The third-order valence-electron chi connectivity index (χ3n) is 3.58. The predicted octanol–water partition coefficient (Wildman–Crippen LogP) is 3.67. The number of pyridine rings is 1. The lowest BCUT2D eigenvalue weighted by atomic mass is 10.00. The van der Waals surface area contributed by atoms with Crippen LogP contribution >= 0.6 is 0 Å². The molecule has 2 N–H and O–H groups in total. The van der Waals surface area contributed by atoms with Crippen molar-refractivity contribution >= 4 is 5.69 Å². The molecule has 0 amide bonds. The van der Waals surface area contributed by atoms with Crippen LogP contribution in [-0.2, 0) is 6.61 Å². The molecule has 1 aromatic carbocycles. The third kappa shape index (κ3) is 2.99. The maximum atomic E-state index is 9.40. The minimum atomic E-state index is 0.0417. The Morgan fingerprint density at radius 1 is 1.20 bits per heavy atom. The quantitative estimate of drug-likeness (QED) is 0.891. The highest BCUT2D eigenvalue weighted by atomic mass is 16.3. The van der Waals surface area contributed by atoms with Crippen molar-refractivity contribution in [3.05, 3.63) is 58.4 Å². The number of aliphatic hydroxyl groups excluding tert-OH is 1. The van der Waals surface area contributed by atoms with Crippen LogP contribution in [0.5, 0.6) is 0 Å². The van der Waals surface area contributed by atoms with Gasteiger partial charge in [-0.2, -0.15) is 0 Å². The van der Waals surface area contributed by atoms with E-state index in [1.807, 2.05) is 38.1 Å². The predicted molar refractivity (Wildman–Crippen MR) is 82.9 cm³/mol. The molecule has 0 saturated carbocycles. The molecule has 2 rings (SSSR count). The van der Waals surface area contributed by atoms with E-state index in [1.54, 1.807) is 0 Å². The zero-order valence-corrected chi connectivity index (χ0v) is 12.6. The van der Waals surface area contributed by atoms with Gasteiger partial charge in [0.1, 0.15) is 0 Å². The minimum Gasteiger partial charge on any atom is -0.392 e. The van der Waals surface area contributed by atoms with Gasteiger partial charge < -0.3 is 10.4 Å². The summed E-state index contributed by atoms with van der Waals surface area (Å²) in [6.07, 6.45) is 0. The van der Waals surface area contributed by atoms with Gasteiger partial charge in [0.2, 0.25) is 0 Å². The molecule has 0 fully saturated rings. The number of rotatable bonds is 4. The molecule has 106 valence electrons. The molecule has 0 radical (unpaired) electrons. The van der Waals surface area contributed by atoms with E-state index in [2.05, 4.69) is 30.2 Å². The number of aliphatic hydroxyl groups is 1. The van der Waals surface area contributed by atoms with E-state index in [-0.39, 0.29) is 12.6 Å². The van der Waals surface area contributed by atoms with Gasteiger partial charge >= 0.3 is 0 Å². The number of aromatic nitrogens is 1. The minimum absolute atomic E-state index is 0.0417. The van der Waals surface area contributed by atoms with Crippen LogP contribution in [-0.4, -0.2) is 10.1 Å². The summed E-state index contributed by atoms with van der Waals surface area (Å²) in [6.45, 7) is 8.35. The highest BCUT2D eigenvalue weighted by Gasteiger charge is 2.14. The fraction of sp³-hybridized carbons (Fsp3) is 0.353. The summed E-state index contributed by atoms with van der Waals surface area (Å²) in [4.78, 5) is 4.55. The van der Waals surface area contributed by atoms with Crippen LogP contribution < -0.4 is 5.32 Å². The maximum Gasteiger partial charge on any atom is 0.0701 e. The smallest absolute Gasteiger partial charge is 0.0701 e. The van der Waals surface area contributed by atoms with Gasteiger partial charge in [0.05, 0.1) is 12.6 Å². The molecular weight excluding hydrogens is 248 g/mol. The molecule has 0 aliphatic rings. The highest BCUT2D eigenvalue weighted by Crippen LogP contribution is 2.26. The van der Waals surface area contributed by atoms with Crippen molar-refractivity contribution in [2.75, 3.05) is 5.32 Å². The molecule has 0 spiro atoms. The Balaban J connectivity index is 2.31. The van der Waals surface area contributed by atoms with E-state index >= 15 is 0 Å². The highest BCUT2D eigenvalue weighted by molar-refractivity contribution is 5.53. The summed E-state index contributed by atoms with van der Waals surface area (Å²) >= 11 is 0. The molecule has 0 saturated heterocycles. The lowest BCUT2D eigenvalue weighted by Crippen LogP contribution is -2.12. The van der Waals surface area contributed by atoms with Gasteiger partial charge in [0.15, 0.2) is 0 Å². The zero-order valence-electron chi connectivity index (χ0n) is 12.6. The Morgan fingerprint density at radius 2 is 1.90 bits per heavy atom. The van der Waals surface area contributed by atoms with Crippen molar-refractivity contribution in [3.8, 4) is 0 Å². The third-order valence-corrected chi connectivity index (χ3v) is 3.58. The first-order valence-corrected chi connectivity index (χ1v) is 6.93. The van der Waals surface area contributed by atoms with Gasteiger partial charge in [-0.3, -0.25) is 4.98 Å². The van der Waals surface area contributed by atoms with E-state index in [4.69, 9.17) is 0 Å². The fourth-order valence-electron chi connectivity index (χ4n) is 2.79. The molecular formula is C17H22N2O. The average molecular weight is 270 g/mol. The van der Waals surface area contributed by atoms with E-state index in [9.17, 15) is 5.11 Å². The second-order valence-electron chi connectivity index (χ2n) is 5.26. The first-order chi connectivity index (χ1) is 9.52. The van der Waals surface area contributed by atoms with E-state index in [0.717, 1.165) is 22.6 Å². The molecule has 20 heavy (non-hydrogen) atoms. The van der Waals surface area contributed by atoms with Gasteiger partial charge in [0, 0.05) is 22.6 Å². The first-order valence-electron chi connectivity index (χ1n) is 6.93. The molecule has 3 nitrogen and oxygen atoms in total. The molecule has 0 bridgehead atoms. The Kier molecular flexibility index (Phi) is 4.40. The lowest BCUT2D eigenvalue weighted by molar-refractivity contribution is 0.282.